The van der Waals surface area contributed by atoms with E-state index in [1.165, 1.54) is 10.6 Å². The maximum Gasteiger partial charge on any atom is 0.278 e. The zero-order valence-corrected chi connectivity index (χ0v) is 15.6. The van der Waals surface area contributed by atoms with Crippen molar-refractivity contribution < 1.29 is 14.4 Å². The minimum Gasteiger partial charge on any atom is -0.497 e. The van der Waals surface area contributed by atoms with Gasteiger partial charge in [-0.3, -0.25) is 4.79 Å². The third kappa shape index (κ3) is 4.55. The summed E-state index contributed by atoms with van der Waals surface area (Å²) in [4.78, 5) is 16.2. The summed E-state index contributed by atoms with van der Waals surface area (Å²) in [6.07, 6.45) is 0. The number of nitrogens with zero attached hydrogens (tertiary/aromatic N) is 1. The molecule has 2 N–H and O–H groups in total. The second kappa shape index (κ2) is 8.72. The van der Waals surface area contributed by atoms with E-state index in [0.29, 0.717) is 6.54 Å². The van der Waals surface area contributed by atoms with Gasteiger partial charge in [-0.25, -0.2) is 0 Å². The molecule has 1 aliphatic heterocycles. The van der Waals surface area contributed by atoms with E-state index in [-0.39, 0.29) is 11.9 Å². The fourth-order valence-corrected chi connectivity index (χ4v) is 3.42. The van der Waals surface area contributed by atoms with E-state index in [9.17, 15) is 4.79 Å². The van der Waals surface area contributed by atoms with Crippen molar-refractivity contribution in [3.8, 4) is 5.75 Å². The van der Waals surface area contributed by atoms with Crippen molar-refractivity contribution in [3.63, 3.8) is 0 Å². The van der Waals surface area contributed by atoms with E-state index in [2.05, 4.69) is 22.3 Å². The maximum atomic E-state index is 12.5. The average Bonchev–Trinajstić information content (AvgIpc) is 2.72. The van der Waals surface area contributed by atoms with Gasteiger partial charge in [0.05, 0.1) is 33.3 Å². The summed E-state index contributed by atoms with van der Waals surface area (Å²) in [5.41, 5.74) is 2.32. The van der Waals surface area contributed by atoms with Crippen LogP contribution in [-0.2, 0) is 11.3 Å². The quantitative estimate of drug-likeness (QED) is 0.817. The van der Waals surface area contributed by atoms with Crippen LogP contribution in [0, 0.1) is 0 Å². The second-order valence-electron chi connectivity index (χ2n) is 6.77. The van der Waals surface area contributed by atoms with Crippen molar-refractivity contribution in [3.05, 3.63) is 60.2 Å². The molecule has 1 fully saturated rings. The van der Waals surface area contributed by atoms with Crippen LogP contribution in [0.25, 0.3) is 0 Å². The molecule has 0 aromatic heterocycles. The number of piperazine rings is 1. The third-order valence-electron chi connectivity index (χ3n) is 5.14. The van der Waals surface area contributed by atoms with Crippen molar-refractivity contribution in [2.45, 2.75) is 19.5 Å². The second-order valence-corrected chi connectivity index (χ2v) is 6.77. The summed E-state index contributed by atoms with van der Waals surface area (Å²) >= 11 is 0. The zero-order valence-electron chi connectivity index (χ0n) is 15.6. The molecule has 1 saturated heterocycles. The lowest BCUT2D eigenvalue weighted by Gasteiger charge is -2.36. The molecule has 5 heteroatoms. The Kier molecular flexibility index (Phi) is 6.12. The Labute approximate surface area is 155 Å². The molecule has 3 rings (SSSR count). The number of carbonyl (C=O) groups excluding carboxylic acids is 1. The van der Waals surface area contributed by atoms with E-state index in [0.717, 1.165) is 37.5 Å². The van der Waals surface area contributed by atoms with Crippen LogP contribution in [0.5, 0.6) is 5.75 Å². The van der Waals surface area contributed by atoms with E-state index in [1.54, 1.807) is 7.11 Å². The van der Waals surface area contributed by atoms with Gasteiger partial charge in [0.2, 0.25) is 0 Å². The van der Waals surface area contributed by atoms with Gasteiger partial charge >= 0.3 is 0 Å². The molecule has 1 heterocycles. The summed E-state index contributed by atoms with van der Waals surface area (Å²) in [7, 11) is 1.69. The number of quaternary nitrogens is 1. The summed E-state index contributed by atoms with van der Waals surface area (Å²) in [6.45, 7) is 6.41. The molecule has 0 bridgehead atoms. The van der Waals surface area contributed by atoms with Crippen LogP contribution in [0.2, 0.25) is 0 Å². The predicted octanol–water partition coefficient (Wildman–Crippen LogP) is 1.11. The maximum absolute atomic E-state index is 12.5. The highest BCUT2D eigenvalue weighted by Gasteiger charge is 2.29. The van der Waals surface area contributed by atoms with Gasteiger partial charge in [-0.05, 0) is 24.6 Å². The van der Waals surface area contributed by atoms with Gasteiger partial charge in [-0.1, -0.05) is 36.4 Å². The Morgan fingerprint density at radius 1 is 1.15 bits per heavy atom. The number of carbonyl (C=O) groups is 1. The third-order valence-corrected chi connectivity index (χ3v) is 5.14. The molecule has 1 amide bonds. The average molecular weight is 354 g/mol. The first-order chi connectivity index (χ1) is 12.7. The SMILES string of the molecule is COc1cccc(N2CC[NH+]([C@H](C)C(=O)NCc3ccccc3)CC2)c1. The first-order valence-corrected chi connectivity index (χ1v) is 9.22. The number of benzene rings is 2. The molecule has 0 saturated carbocycles. The number of rotatable bonds is 6. The summed E-state index contributed by atoms with van der Waals surface area (Å²) < 4.78 is 5.32. The number of nitrogens with one attached hydrogen (secondary N) is 2. The van der Waals surface area contributed by atoms with Crippen molar-refractivity contribution in [2.75, 3.05) is 38.2 Å². The summed E-state index contributed by atoms with van der Waals surface area (Å²) in [6, 6.07) is 18.2. The van der Waals surface area contributed by atoms with Crippen molar-refractivity contribution >= 4 is 11.6 Å². The number of hydrogen-bond donors (Lipinski definition) is 2. The molecule has 0 radical (unpaired) electrons. The highest BCUT2D eigenvalue weighted by atomic mass is 16.5. The van der Waals surface area contributed by atoms with E-state index < -0.39 is 0 Å². The van der Waals surface area contributed by atoms with Crippen LogP contribution in [0.4, 0.5) is 5.69 Å². The monoisotopic (exact) mass is 354 g/mol. The first kappa shape index (κ1) is 18.3. The molecule has 0 spiro atoms. The van der Waals surface area contributed by atoms with Gasteiger partial charge in [-0.2, -0.15) is 0 Å². The van der Waals surface area contributed by atoms with Crippen LogP contribution in [0.3, 0.4) is 0 Å². The standard InChI is InChI=1S/C21H27N3O2/c1-17(21(25)22-16-18-7-4-3-5-8-18)23-11-13-24(14-12-23)19-9-6-10-20(15-19)26-2/h3-10,15,17H,11-14,16H2,1-2H3,(H,22,25)/p+1/t17-/m1/s1. The highest BCUT2D eigenvalue weighted by molar-refractivity contribution is 5.79. The van der Waals surface area contributed by atoms with Gasteiger partial charge in [0.1, 0.15) is 5.75 Å². The molecule has 2 aromatic carbocycles. The molecule has 0 unspecified atom stereocenters. The summed E-state index contributed by atoms with van der Waals surface area (Å²) in [5, 5.41) is 3.06. The normalized spacial score (nSPS) is 16.2. The van der Waals surface area contributed by atoms with E-state index in [1.807, 2.05) is 49.4 Å². The molecule has 26 heavy (non-hydrogen) atoms. The van der Waals surface area contributed by atoms with Crippen molar-refractivity contribution in [2.24, 2.45) is 0 Å². The fourth-order valence-electron chi connectivity index (χ4n) is 3.42. The Hall–Kier alpha value is -2.53. The summed E-state index contributed by atoms with van der Waals surface area (Å²) in [5.74, 6) is 1.00. The molecule has 1 aliphatic rings. The van der Waals surface area contributed by atoms with Crippen molar-refractivity contribution in [1.82, 2.24) is 5.32 Å². The fraction of sp³-hybridized carbons (Fsp3) is 0.381. The lowest BCUT2D eigenvalue weighted by atomic mass is 10.2. The van der Waals surface area contributed by atoms with E-state index >= 15 is 0 Å². The van der Waals surface area contributed by atoms with Crippen molar-refractivity contribution in [1.29, 1.82) is 0 Å². The van der Waals surface area contributed by atoms with E-state index in [4.69, 9.17) is 4.74 Å². The van der Waals surface area contributed by atoms with Gasteiger partial charge in [0.25, 0.3) is 5.91 Å². The first-order valence-electron chi connectivity index (χ1n) is 9.22. The molecule has 0 aliphatic carbocycles. The number of methoxy groups -OCH3 is 1. The van der Waals surface area contributed by atoms with Gasteiger partial charge in [0, 0.05) is 18.3 Å². The number of hydrogen-bond acceptors (Lipinski definition) is 3. The molecule has 2 aromatic rings. The Morgan fingerprint density at radius 3 is 2.58 bits per heavy atom. The smallest absolute Gasteiger partial charge is 0.278 e. The Bertz CT molecular complexity index is 712. The minimum absolute atomic E-state index is 0.0360. The molecular weight excluding hydrogens is 326 g/mol. The topological polar surface area (TPSA) is 46.0 Å². The van der Waals surface area contributed by atoms with Crippen LogP contribution < -0.4 is 19.9 Å². The number of anilines is 1. The van der Waals surface area contributed by atoms with Crippen LogP contribution >= 0.6 is 0 Å². The van der Waals surface area contributed by atoms with Gasteiger partial charge < -0.3 is 19.9 Å². The van der Waals surface area contributed by atoms with Gasteiger partial charge in [0.15, 0.2) is 6.04 Å². The molecule has 1 atom stereocenters. The number of amides is 1. The highest BCUT2D eigenvalue weighted by Crippen LogP contribution is 2.20. The zero-order chi connectivity index (χ0) is 18.4. The van der Waals surface area contributed by atoms with Gasteiger partial charge in [-0.15, -0.1) is 0 Å². The predicted molar refractivity (Wildman–Crippen MR) is 104 cm³/mol. The molecular formula is C21H28N3O2+. The largest absolute Gasteiger partial charge is 0.497 e. The molecule has 5 nitrogen and oxygen atoms in total. The van der Waals surface area contributed by atoms with Crippen LogP contribution in [-0.4, -0.2) is 45.2 Å². The Balaban J connectivity index is 1.49. The van der Waals surface area contributed by atoms with Crippen LogP contribution in [0.1, 0.15) is 12.5 Å². The minimum atomic E-state index is -0.0360. The number of ether oxygens (including phenoxy) is 1. The lowest BCUT2D eigenvalue weighted by molar-refractivity contribution is -0.914. The van der Waals surface area contributed by atoms with Crippen LogP contribution in [0.15, 0.2) is 54.6 Å². The molecule has 138 valence electrons. The Morgan fingerprint density at radius 2 is 1.88 bits per heavy atom. The lowest BCUT2D eigenvalue weighted by Crippen LogP contribution is -3.19.